The van der Waals surface area contributed by atoms with Crippen molar-refractivity contribution >= 4 is 11.6 Å². The van der Waals surface area contributed by atoms with Gasteiger partial charge in [0.25, 0.3) is 5.91 Å². The van der Waals surface area contributed by atoms with Crippen LogP contribution in [0.15, 0.2) is 42.5 Å². The molecule has 1 amide bonds. The lowest BCUT2D eigenvalue weighted by molar-refractivity contribution is -0.274. The van der Waals surface area contributed by atoms with Gasteiger partial charge in [-0.25, -0.2) is 4.39 Å². The van der Waals surface area contributed by atoms with Gasteiger partial charge in [0.2, 0.25) is 0 Å². The highest BCUT2D eigenvalue weighted by atomic mass is 19.4. The van der Waals surface area contributed by atoms with Crippen molar-refractivity contribution in [1.29, 1.82) is 0 Å². The number of ether oxygens (including phenoxy) is 1. The monoisotopic (exact) mass is 313 g/mol. The molecule has 0 atom stereocenters. The van der Waals surface area contributed by atoms with Crippen molar-refractivity contribution in [3.63, 3.8) is 0 Å². The lowest BCUT2D eigenvalue weighted by atomic mass is 10.1. The highest BCUT2D eigenvalue weighted by Gasteiger charge is 2.30. The van der Waals surface area contributed by atoms with E-state index in [-0.39, 0.29) is 11.3 Å². The van der Waals surface area contributed by atoms with Crippen molar-refractivity contribution in [2.75, 3.05) is 5.32 Å². The summed E-state index contributed by atoms with van der Waals surface area (Å²) in [5, 5.41) is 2.45. The first kappa shape index (κ1) is 15.8. The van der Waals surface area contributed by atoms with Crippen LogP contribution in [0.1, 0.15) is 15.9 Å². The van der Waals surface area contributed by atoms with Gasteiger partial charge < -0.3 is 10.1 Å². The van der Waals surface area contributed by atoms with E-state index in [0.29, 0.717) is 5.56 Å². The maximum Gasteiger partial charge on any atom is 0.573 e. The van der Waals surface area contributed by atoms with Gasteiger partial charge in [0.1, 0.15) is 11.6 Å². The minimum absolute atomic E-state index is 0.110. The number of hydrogen-bond acceptors (Lipinski definition) is 2. The van der Waals surface area contributed by atoms with Crippen LogP contribution in [0, 0.1) is 12.7 Å². The van der Waals surface area contributed by atoms with Crippen LogP contribution in [0.2, 0.25) is 0 Å². The van der Waals surface area contributed by atoms with Gasteiger partial charge in [-0.1, -0.05) is 6.07 Å². The Morgan fingerprint density at radius 2 is 1.73 bits per heavy atom. The molecule has 22 heavy (non-hydrogen) atoms. The van der Waals surface area contributed by atoms with Crippen LogP contribution >= 0.6 is 0 Å². The summed E-state index contributed by atoms with van der Waals surface area (Å²) in [6.07, 6.45) is -4.77. The zero-order chi connectivity index (χ0) is 16.3. The van der Waals surface area contributed by atoms with E-state index < -0.39 is 23.8 Å². The van der Waals surface area contributed by atoms with Crippen molar-refractivity contribution in [1.82, 2.24) is 0 Å². The first-order valence-corrected chi connectivity index (χ1v) is 6.18. The van der Waals surface area contributed by atoms with E-state index >= 15 is 0 Å². The third-order valence-corrected chi connectivity index (χ3v) is 2.78. The summed E-state index contributed by atoms with van der Waals surface area (Å²) in [6.45, 7) is 1.57. The first-order chi connectivity index (χ1) is 10.2. The Morgan fingerprint density at radius 1 is 1.09 bits per heavy atom. The van der Waals surface area contributed by atoms with Crippen LogP contribution in [-0.4, -0.2) is 12.3 Å². The van der Waals surface area contributed by atoms with E-state index in [2.05, 4.69) is 10.1 Å². The molecule has 0 bridgehead atoms. The summed E-state index contributed by atoms with van der Waals surface area (Å²) in [7, 11) is 0. The Kier molecular flexibility index (Phi) is 4.35. The molecule has 116 valence electrons. The van der Waals surface area contributed by atoms with Crippen LogP contribution in [0.4, 0.5) is 23.2 Å². The molecule has 0 saturated heterocycles. The van der Waals surface area contributed by atoms with Gasteiger partial charge >= 0.3 is 6.36 Å². The van der Waals surface area contributed by atoms with Crippen molar-refractivity contribution in [2.24, 2.45) is 0 Å². The fourth-order valence-corrected chi connectivity index (χ4v) is 1.68. The quantitative estimate of drug-likeness (QED) is 0.859. The number of aryl methyl sites for hydroxylation is 1. The fraction of sp³-hybridized carbons (Fsp3) is 0.133. The second-order valence-corrected chi connectivity index (χ2v) is 4.49. The number of carbonyl (C=O) groups is 1. The molecular formula is C15H11F4NO2. The number of alkyl halides is 3. The average molecular weight is 313 g/mol. The van der Waals surface area contributed by atoms with E-state index in [1.165, 1.54) is 24.3 Å². The number of benzene rings is 2. The zero-order valence-corrected chi connectivity index (χ0v) is 11.4. The van der Waals surface area contributed by atoms with Crippen molar-refractivity contribution in [3.8, 4) is 5.75 Å². The smallest absolute Gasteiger partial charge is 0.406 e. The van der Waals surface area contributed by atoms with E-state index in [1.807, 2.05) is 0 Å². The summed E-state index contributed by atoms with van der Waals surface area (Å²) >= 11 is 0. The maximum atomic E-state index is 13.4. The van der Waals surface area contributed by atoms with Gasteiger partial charge in [-0.15, -0.1) is 13.2 Å². The molecule has 2 aromatic rings. The Labute approximate surface area is 123 Å². The molecule has 0 fully saturated rings. The number of nitrogens with one attached hydrogen (secondary N) is 1. The molecule has 2 rings (SSSR count). The molecule has 0 saturated carbocycles. The van der Waals surface area contributed by atoms with E-state index in [4.69, 9.17) is 0 Å². The second kappa shape index (κ2) is 6.05. The highest BCUT2D eigenvalue weighted by molar-refractivity contribution is 6.04. The van der Waals surface area contributed by atoms with Gasteiger partial charge in [0.15, 0.2) is 0 Å². The van der Waals surface area contributed by atoms with E-state index in [1.54, 1.807) is 6.92 Å². The predicted molar refractivity (Wildman–Crippen MR) is 72.2 cm³/mol. The van der Waals surface area contributed by atoms with E-state index in [0.717, 1.165) is 18.2 Å². The maximum absolute atomic E-state index is 13.4. The Balaban J connectivity index is 2.07. The molecule has 3 nitrogen and oxygen atoms in total. The summed E-state index contributed by atoms with van der Waals surface area (Å²) in [5.41, 5.74) is 0.782. The first-order valence-electron chi connectivity index (χ1n) is 6.18. The predicted octanol–water partition coefficient (Wildman–Crippen LogP) is 4.29. The van der Waals surface area contributed by atoms with Crippen LogP contribution in [0.25, 0.3) is 0 Å². The summed E-state index contributed by atoms with van der Waals surface area (Å²) in [5.74, 6) is -1.48. The molecule has 0 spiro atoms. The van der Waals surface area contributed by atoms with Gasteiger partial charge in [0.05, 0.1) is 0 Å². The molecule has 1 N–H and O–H groups in total. The molecule has 0 aliphatic carbocycles. The standard InChI is InChI=1S/C15H11F4NO2/c1-9-2-3-10(8-13(9)16)14(21)20-11-4-6-12(7-5-11)22-15(17,18)19/h2-8H,1H3,(H,20,21). The van der Waals surface area contributed by atoms with Gasteiger partial charge in [-0.2, -0.15) is 0 Å². The van der Waals surface area contributed by atoms with Crippen LogP contribution in [0.3, 0.4) is 0 Å². The third kappa shape index (κ3) is 4.21. The van der Waals surface area contributed by atoms with Crippen LogP contribution in [-0.2, 0) is 0 Å². The van der Waals surface area contributed by atoms with Gasteiger partial charge in [-0.3, -0.25) is 4.79 Å². The molecule has 0 unspecified atom stereocenters. The fourth-order valence-electron chi connectivity index (χ4n) is 1.68. The normalized spacial score (nSPS) is 11.1. The highest BCUT2D eigenvalue weighted by Crippen LogP contribution is 2.24. The molecular weight excluding hydrogens is 302 g/mol. The molecule has 0 aliphatic heterocycles. The number of carbonyl (C=O) groups excluding carboxylic acids is 1. The number of halogens is 4. The topological polar surface area (TPSA) is 38.3 Å². The van der Waals surface area contributed by atoms with Crippen molar-refractivity contribution in [2.45, 2.75) is 13.3 Å². The number of hydrogen-bond donors (Lipinski definition) is 1. The average Bonchev–Trinajstić information content (AvgIpc) is 2.42. The summed E-state index contributed by atoms with van der Waals surface area (Å²) in [4.78, 5) is 11.9. The minimum Gasteiger partial charge on any atom is -0.406 e. The van der Waals surface area contributed by atoms with Gasteiger partial charge in [0, 0.05) is 11.3 Å². The Morgan fingerprint density at radius 3 is 2.27 bits per heavy atom. The zero-order valence-electron chi connectivity index (χ0n) is 11.4. The molecule has 0 aromatic heterocycles. The molecule has 0 heterocycles. The lowest BCUT2D eigenvalue weighted by Gasteiger charge is -2.10. The molecule has 0 radical (unpaired) electrons. The van der Waals surface area contributed by atoms with Gasteiger partial charge in [-0.05, 0) is 48.9 Å². The number of amides is 1. The molecule has 7 heteroatoms. The summed E-state index contributed by atoms with van der Waals surface area (Å²) in [6, 6.07) is 8.65. The van der Waals surface area contributed by atoms with E-state index in [9.17, 15) is 22.4 Å². The Bertz CT molecular complexity index is 681. The number of rotatable bonds is 3. The number of anilines is 1. The Hall–Kier alpha value is -2.57. The molecule has 0 aliphatic rings. The van der Waals surface area contributed by atoms with Crippen LogP contribution < -0.4 is 10.1 Å². The minimum atomic E-state index is -4.77. The summed E-state index contributed by atoms with van der Waals surface area (Å²) < 4.78 is 53.1. The molecule has 2 aromatic carbocycles. The van der Waals surface area contributed by atoms with Crippen LogP contribution in [0.5, 0.6) is 5.75 Å². The van der Waals surface area contributed by atoms with Crippen molar-refractivity contribution in [3.05, 3.63) is 59.4 Å². The SMILES string of the molecule is Cc1ccc(C(=O)Nc2ccc(OC(F)(F)F)cc2)cc1F. The third-order valence-electron chi connectivity index (χ3n) is 2.78. The second-order valence-electron chi connectivity index (χ2n) is 4.49. The largest absolute Gasteiger partial charge is 0.573 e. The van der Waals surface area contributed by atoms with Crippen molar-refractivity contribution < 1.29 is 27.1 Å². The lowest BCUT2D eigenvalue weighted by Crippen LogP contribution is -2.17.